The number of nitrogens with one attached hydrogen (secondary N) is 2. The fraction of sp³-hybridized carbons (Fsp3) is 0.688. The number of likely N-dealkylation sites (tertiary alicyclic amines) is 1. The van der Waals surface area contributed by atoms with Crippen LogP contribution in [0.4, 0.5) is 0 Å². The normalized spacial score (nSPS) is 20.6. The summed E-state index contributed by atoms with van der Waals surface area (Å²) in [5.41, 5.74) is 0.562. The van der Waals surface area contributed by atoms with Crippen molar-refractivity contribution >= 4 is 5.91 Å². The van der Waals surface area contributed by atoms with E-state index in [4.69, 9.17) is 0 Å². The lowest BCUT2D eigenvalue weighted by Gasteiger charge is -2.43. The summed E-state index contributed by atoms with van der Waals surface area (Å²) in [5.74, 6) is 0.372. The predicted molar refractivity (Wildman–Crippen MR) is 90.3 cm³/mol. The molecule has 0 unspecified atom stereocenters. The van der Waals surface area contributed by atoms with Crippen molar-refractivity contribution < 1.29 is 4.79 Å². The first kappa shape index (κ1) is 16.2. The summed E-state index contributed by atoms with van der Waals surface area (Å²) in [7, 11) is 0. The van der Waals surface area contributed by atoms with Gasteiger partial charge in [0.05, 0.1) is 0 Å². The Morgan fingerprint density at radius 3 is 2.72 bits per heavy atom. The van der Waals surface area contributed by atoms with Crippen molar-refractivity contribution in [1.29, 1.82) is 0 Å². The zero-order valence-electron chi connectivity index (χ0n) is 14.3. The van der Waals surface area contributed by atoms with Gasteiger partial charge in [-0.15, -0.1) is 5.10 Å². The summed E-state index contributed by atoms with van der Waals surface area (Å²) < 4.78 is 1.42. The average Bonchev–Trinajstić information content (AvgIpc) is 3.42. The monoisotopic (exact) mass is 344 g/mol. The van der Waals surface area contributed by atoms with Crippen LogP contribution in [-0.2, 0) is 0 Å². The van der Waals surface area contributed by atoms with E-state index >= 15 is 0 Å². The van der Waals surface area contributed by atoms with Gasteiger partial charge < -0.3 is 5.32 Å². The molecule has 2 aromatic rings. The molecule has 1 saturated heterocycles. The Labute approximate surface area is 146 Å². The second kappa shape index (κ2) is 6.91. The first-order valence-electron chi connectivity index (χ1n) is 9.09. The summed E-state index contributed by atoms with van der Waals surface area (Å²) in [6.45, 7) is 3.01. The van der Waals surface area contributed by atoms with E-state index < -0.39 is 0 Å². The van der Waals surface area contributed by atoms with Crippen molar-refractivity contribution in [3.8, 4) is 5.82 Å². The molecule has 2 aromatic heterocycles. The molecule has 4 rings (SSSR count). The number of aromatic amines is 1. The zero-order chi connectivity index (χ0) is 17.1. The summed E-state index contributed by atoms with van der Waals surface area (Å²) in [6, 6.07) is 1.66. The van der Waals surface area contributed by atoms with Crippen molar-refractivity contribution in [2.75, 3.05) is 19.6 Å². The van der Waals surface area contributed by atoms with Crippen molar-refractivity contribution in [3.63, 3.8) is 0 Å². The Kier molecular flexibility index (Phi) is 4.48. The molecule has 0 radical (unpaired) electrons. The second-order valence-electron chi connectivity index (χ2n) is 7.06. The van der Waals surface area contributed by atoms with E-state index in [-0.39, 0.29) is 11.4 Å². The number of tetrazole rings is 1. The maximum Gasteiger partial charge on any atom is 0.269 e. The molecule has 1 amide bonds. The van der Waals surface area contributed by atoms with E-state index in [0.29, 0.717) is 18.1 Å². The van der Waals surface area contributed by atoms with E-state index in [1.807, 2.05) is 0 Å². The average molecular weight is 344 g/mol. The number of amides is 1. The largest absolute Gasteiger partial charge is 0.349 e. The molecule has 1 saturated carbocycles. The quantitative estimate of drug-likeness (QED) is 0.835. The molecule has 9 heteroatoms. The lowest BCUT2D eigenvalue weighted by atomic mass is 9.92. The van der Waals surface area contributed by atoms with Crippen LogP contribution in [0, 0.1) is 0 Å². The number of aromatic nitrogens is 6. The van der Waals surface area contributed by atoms with E-state index in [1.165, 1.54) is 56.0 Å². The number of H-pyrrole nitrogens is 1. The number of nitrogens with zero attached hydrogens (tertiary/aromatic N) is 6. The number of hydrogen-bond acceptors (Lipinski definition) is 6. The molecule has 2 aliphatic rings. The van der Waals surface area contributed by atoms with Gasteiger partial charge in [0.2, 0.25) is 0 Å². The minimum atomic E-state index is -0.130. The molecule has 2 fully saturated rings. The van der Waals surface area contributed by atoms with Crippen molar-refractivity contribution in [2.24, 2.45) is 0 Å². The van der Waals surface area contributed by atoms with Gasteiger partial charge in [0.15, 0.2) is 5.82 Å². The topological polar surface area (TPSA) is 105 Å². The van der Waals surface area contributed by atoms with Crippen LogP contribution >= 0.6 is 0 Å². The highest BCUT2D eigenvalue weighted by Gasteiger charge is 2.40. The summed E-state index contributed by atoms with van der Waals surface area (Å²) in [6.07, 6.45) is 10.2. The number of rotatable bonds is 5. The minimum Gasteiger partial charge on any atom is -0.349 e. The SMILES string of the molecule is O=C(NCC1(N2CCCCC2)CCCC1)c1cc(-n2cnnn2)n[nH]1. The van der Waals surface area contributed by atoms with Crippen molar-refractivity contribution in [2.45, 2.75) is 50.5 Å². The van der Waals surface area contributed by atoms with Crippen molar-refractivity contribution in [1.82, 2.24) is 40.6 Å². The van der Waals surface area contributed by atoms with Gasteiger partial charge in [-0.25, -0.2) is 0 Å². The van der Waals surface area contributed by atoms with Crippen LogP contribution in [0.2, 0.25) is 0 Å². The minimum absolute atomic E-state index is 0.130. The third kappa shape index (κ3) is 3.28. The smallest absolute Gasteiger partial charge is 0.269 e. The lowest BCUT2D eigenvalue weighted by Crippen LogP contribution is -2.55. The maximum absolute atomic E-state index is 12.5. The molecule has 0 bridgehead atoms. The van der Waals surface area contributed by atoms with Gasteiger partial charge in [-0.2, -0.15) is 9.78 Å². The second-order valence-corrected chi connectivity index (χ2v) is 7.06. The van der Waals surface area contributed by atoms with E-state index in [0.717, 1.165) is 13.1 Å². The highest BCUT2D eigenvalue weighted by atomic mass is 16.1. The third-order valence-electron chi connectivity index (χ3n) is 5.53. The molecule has 0 aromatic carbocycles. The molecule has 9 nitrogen and oxygen atoms in total. The Bertz CT molecular complexity index is 698. The number of carbonyl (C=O) groups excluding carboxylic acids is 1. The molecule has 134 valence electrons. The van der Waals surface area contributed by atoms with E-state index in [1.54, 1.807) is 6.07 Å². The van der Waals surface area contributed by atoms with E-state index in [9.17, 15) is 4.79 Å². The van der Waals surface area contributed by atoms with Gasteiger partial charge in [0, 0.05) is 18.2 Å². The standard InChI is InChI=1S/C16H24N8O/c25-15(13-10-14(20-19-13)24-12-18-21-22-24)17-11-16(6-2-3-7-16)23-8-4-1-5-9-23/h10,12H,1-9,11H2,(H,17,25)(H,19,20). The van der Waals surface area contributed by atoms with Crippen LogP contribution in [0.25, 0.3) is 5.82 Å². The summed E-state index contributed by atoms with van der Waals surface area (Å²) >= 11 is 0. The van der Waals surface area contributed by atoms with Gasteiger partial charge in [0.25, 0.3) is 5.91 Å². The van der Waals surface area contributed by atoms with Crippen LogP contribution in [0.1, 0.15) is 55.4 Å². The molecule has 0 atom stereocenters. The molecule has 3 heterocycles. The Morgan fingerprint density at radius 2 is 2.00 bits per heavy atom. The molecule has 0 spiro atoms. The Morgan fingerprint density at radius 1 is 1.20 bits per heavy atom. The Hall–Kier alpha value is -2.29. The molecular weight excluding hydrogens is 320 g/mol. The van der Waals surface area contributed by atoms with Crippen LogP contribution in [0.3, 0.4) is 0 Å². The van der Waals surface area contributed by atoms with Crippen LogP contribution in [0.5, 0.6) is 0 Å². The van der Waals surface area contributed by atoms with Crippen molar-refractivity contribution in [3.05, 3.63) is 18.1 Å². The first-order valence-corrected chi connectivity index (χ1v) is 9.09. The zero-order valence-corrected chi connectivity index (χ0v) is 14.3. The van der Waals surface area contributed by atoms with Gasteiger partial charge in [-0.3, -0.25) is 14.8 Å². The molecule has 1 aliphatic heterocycles. The van der Waals surface area contributed by atoms with Gasteiger partial charge in [-0.05, 0) is 49.2 Å². The lowest BCUT2D eigenvalue weighted by molar-refractivity contribution is 0.0641. The van der Waals surface area contributed by atoms with Gasteiger partial charge in [-0.1, -0.05) is 19.3 Å². The Balaban J connectivity index is 1.41. The molecular formula is C16H24N8O. The molecule has 1 aliphatic carbocycles. The van der Waals surface area contributed by atoms with Gasteiger partial charge in [0.1, 0.15) is 12.0 Å². The van der Waals surface area contributed by atoms with E-state index in [2.05, 4.69) is 35.9 Å². The molecule has 25 heavy (non-hydrogen) atoms. The number of piperidine rings is 1. The van der Waals surface area contributed by atoms with Crippen LogP contribution < -0.4 is 5.32 Å². The first-order chi connectivity index (χ1) is 12.3. The highest BCUT2D eigenvalue weighted by molar-refractivity contribution is 5.92. The fourth-order valence-corrected chi connectivity index (χ4v) is 4.16. The maximum atomic E-state index is 12.5. The number of hydrogen-bond donors (Lipinski definition) is 2. The molecule has 2 N–H and O–H groups in total. The summed E-state index contributed by atoms with van der Waals surface area (Å²) in [5, 5.41) is 20.9. The summed E-state index contributed by atoms with van der Waals surface area (Å²) in [4.78, 5) is 15.2. The highest BCUT2D eigenvalue weighted by Crippen LogP contribution is 2.36. The predicted octanol–water partition coefficient (Wildman–Crippen LogP) is 0.914. The number of carbonyl (C=O) groups is 1. The van der Waals surface area contributed by atoms with Gasteiger partial charge >= 0.3 is 0 Å². The fourth-order valence-electron chi connectivity index (χ4n) is 4.16. The van der Waals surface area contributed by atoms with Crippen LogP contribution in [0.15, 0.2) is 12.4 Å². The van der Waals surface area contributed by atoms with Crippen LogP contribution in [-0.4, -0.2) is 66.4 Å². The third-order valence-corrected chi connectivity index (χ3v) is 5.53.